The van der Waals surface area contributed by atoms with Gasteiger partial charge in [0.1, 0.15) is 0 Å². The van der Waals surface area contributed by atoms with E-state index in [0.717, 1.165) is 18.2 Å². The van der Waals surface area contributed by atoms with Crippen LogP contribution in [0.25, 0.3) is 11.3 Å². The molecule has 1 heterocycles. The summed E-state index contributed by atoms with van der Waals surface area (Å²) in [6.45, 7) is 0. The number of benzene rings is 1. The Morgan fingerprint density at radius 3 is 2.48 bits per heavy atom. The van der Waals surface area contributed by atoms with Crippen molar-refractivity contribution in [3.05, 3.63) is 46.2 Å². The highest BCUT2D eigenvalue weighted by Crippen LogP contribution is 2.35. The molecule has 2 rings (SSSR count). The van der Waals surface area contributed by atoms with Gasteiger partial charge in [-0.05, 0) is 18.2 Å². The van der Waals surface area contributed by atoms with E-state index in [1.54, 1.807) is 0 Å². The molecule has 0 fully saturated rings. The minimum Gasteiger partial charge on any atom is -0.316 e. The summed E-state index contributed by atoms with van der Waals surface area (Å²) in [5.74, 6) is 0. The monoisotopic (exact) mass is 315 g/mol. The molecule has 2 aromatic rings. The molecule has 0 bridgehead atoms. The van der Waals surface area contributed by atoms with Crippen molar-refractivity contribution in [3.8, 4) is 11.3 Å². The van der Waals surface area contributed by atoms with Gasteiger partial charge < -0.3 is 5.32 Å². The second kappa shape index (κ2) is 5.60. The maximum atomic E-state index is 12.7. The van der Waals surface area contributed by atoms with Gasteiger partial charge >= 0.3 is 6.18 Å². The molecule has 0 aliphatic rings. The molecule has 110 valence electrons. The van der Waals surface area contributed by atoms with E-state index in [-0.39, 0.29) is 16.9 Å². The van der Waals surface area contributed by atoms with Crippen LogP contribution in [-0.2, 0) is 6.18 Å². The molecule has 9 heteroatoms. The topological polar surface area (TPSA) is 74.8 Å². The summed E-state index contributed by atoms with van der Waals surface area (Å²) in [4.78, 5) is 22.0. The highest BCUT2D eigenvalue weighted by Gasteiger charge is 2.31. The molecule has 0 saturated carbocycles. The first-order valence-corrected chi connectivity index (χ1v) is 5.99. The van der Waals surface area contributed by atoms with E-state index in [0.29, 0.717) is 0 Å². The van der Waals surface area contributed by atoms with E-state index in [1.807, 2.05) is 0 Å². The molecule has 0 aliphatic carbocycles. The number of hydrogen-bond donors (Lipinski definition) is 3. The van der Waals surface area contributed by atoms with Crippen molar-refractivity contribution in [1.82, 2.24) is 10.2 Å². The van der Waals surface area contributed by atoms with Crippen LogP contribution in [0.3, 0.4) is 0 Å². The molecule has 5 nitrogen and oxygen atoms in total. The van der Waals surface area contributed by atoms with Crippen molar-refractivity contribution >= 4 is 23.6 Å². The molecule has 0 atom stereocenters. The van der Waals surface area contributed by atoms with Gasteiger partial charge in [-0.1, -0.05) is 18.7 Å². The lowest BCUT2D eigenvalue weighted by Crippen LogP contribution is -2.10. The lowest BCUT2D eigenvalue weighted by atomic mass is 10.1. The number of H-pyrrole nitrogens is 1. The van der Waals surface area contributed by atoms with E-state index < -0.39 is 22.5 Å². The minimum atomic E-state index is -4.55. The van der Waals surface area contributed by atoms with Crippen LogP contribution in [-0.4, -0.2) is 15.4 Å². The number of nitrogens with zero attached hydrogens (tertiary/aromatic N) is 1. The molecule has 1 amide bonds. The zero-order chi connectivity index (χ0) is 15.6. The Bertz CT molecular complexity index is 723. The number of anilines is 1. The maximum Gasteiger partial charge on any atom is 0.416 e. The van der Waals surface area contributed by atoms with Crippen LogP contribution in [0.1, 0.15) is 5.56 Å². The number of alkyl halides is 3. The molecule has 1 aromatic carbocycles. The molecule has 1 aromatic heterocycles. The largest absolute Gasteiger partial charge is 0.416 e. The fraction of sp³-hybridized carbons (Fsp3) is 0.0833. The zero-order valence-electron chi connectivity index (χ0n) is 10.2. The number of carbonyl (C=O) groups is 1. The van der Waals surface area contributed by atoms with E-state index in [2.05, 4.69) is 28.1 Å². The Morgan fingerprint density at radius 2 is 1.95 bits per heavy atom. The third-order valence-corrected chi connectivity index (χ3v) is 2.66. The van der Waals surface area contributed by atoms with Gasteiger partial charge in [0.15, 0.2) is 0 Å². The van der Waals surface area contributed by atoms with Crippen molar-refractivity contribution in [2.45, 2.75) is 6.18 Å². The van der Waals surface area contributed by atoms with Crippen molar-refractivity contribution in [3.63, 3.8) is 0 Å². The van der Waals surface area contributed by atoms with E-state index in [4.69, 9.17) is 0 Å². The predicted octanol–water partition coefficient (Wildman–Crippen LogP) is 2.92. The van der Waals surface area contributed by atoms with Gasteiger partial charge in [-0.2, -0.15) is 18.3 Å². The zero-order valence-corrected chi connectivity index (χ0v) is 11.1. The second-order valence-corrected chi connectivity index (χ2v) is 4.40. The van der Waals surface area contributed by atoms with Crippen LogP contribution in [0.5, 0.6) is 0 Å². The Kier molecular flexibility index (Phi) is 4.03. The summed E-state index contributed by atoms with van der Waals surface area (Å²) in [6.07, 6.45) is -4.55. The van der Waals surface area contributed by atoms with Crippen molar-refractivity contribution < 1.29 is 18.0 Å². The van der Waals surface area contributed by atoms with Crippen LogP contribution in [0.2, 0.25) is 0 Å². The highest BCUT2D eigenvalue weighted by molar-refractivity contribution is 7.96. The molecule has 2 N–H and O–H groups in total. The SMILES string of the molecule is O=C(S)Nc1cc(C(F)(F)F)ccc1-c1ccc(=O)[nH]n1. The smallest absolute Gasteiger partial charge is 0.316 e. The van der Waals surface area contributed by atoms with E-state index in [9.17, 15) is 22.8 Å². The first-order valence-electron chi connectivity index (χ1n) is 5.54. The fourth-order valence-corrected chi connectivity index (χ4v) is 1.78. The Morgan fingerprint density at radius 1 is 1.24 bits per heavy atom. The van der Waals surface area contributed by atoms with Crippen LogP contribution in [0.15, 0.2) is 35.1 Å². The second-order valence-electron chi connectivity index (χ2n) is 3.99. The van der Waals surface area contributed by atoms with Crippen molar-refractivity contribution in [1.29, 1.82) is 0 Å². The molecule has 0 radical (unpaired) electrons. The van der Waals surface area contributed by atoms with Gasteiger partial charge in [0.25, 0.3) is 10.8 Å². The molecular formula is C12H8F3N3O2S. The number of aromatic amines is 1. The Labute approximate surface area is 121 Å². The fourth-order valence-electron chi connectivity index (χ4n) is 1.66. The van der Waals surface area contributed by atoms with Gasteiger partial charge in [-0.15, -0.1) is 0 Å². The molecular weight excluding hydrogens is 307 g/mol. The quantitative estimate of drug-likeness (QED) is 0.746. The Balaban J connectivity index is 2.56. The standard InChI is InChI=1S/C12H8F3N3O2S/c13-12(14,15)6-1-2-7(9(5-6)16-11(20)21)8-3-4-10(19)18-17-8/h1-5H,(H,18,19)(H2,16,20,21). The molecule has 0 saturated heterocycles. The van der Waals surface area contributed by atoms with E-state index in [1.165, 1.54) is 12.1 Å². The predicted molar refractivity (Wildman–Crippen MR) is 73.3 cm³/mol. The number of rotatable bonds is 2. The summed E-state index contributed by atoms with van der Waals surface area (Å²) in [7, 11) is 0. The molecule has 0 unspecified atom stereocenters. The number of hydrogen-bond acceptors (Lipinski definition) is 3. The van der Waals surface area contributed by atoms with Gasteiger partial charge in [-0.25, -0.2) is 5.10 Å². The number of carbonyl (C=O) groups excluding carboxylic acids is 1. The normalized spacial score (nSPS) is 11.2. The summed E-state index contributed by atoms with van der Waals surface area (Å²) < 4.78 is 38.1. The summed E-state index contributed by atoms with van der Waals surface area (Å²) in [5.41, 5.74) is -1.05. The molecule has 0 aliphatic heterocycles. The van der Waals surface area contributed by atoms with Crippen LogP contribution in [0.4, 0.5) is 23.7 Å². The third kappa shape index (κ3) is 3.63. The lowest BCUT2D eigenvalue weighted by Gasteiger charge is -2.13. The average Bonchev–Trinajstić information content (AvgIpc) is 2.38. The van der Waals surface area contributed by atoms with Crippen molar-refractivity contribution in [2.24, 2.45) is 0 Å². The van der Waals surface area contributed by atoms with Crippen LogP contribution < -0.4 is 10.9 Å². The van der Waals surface area contributed by atoms with Gasteiger partial charge in [0.05, 0.1) is 16.9 Å². The Hall–Kier alpha value is -2.29. The first kappa shape index (κ1) is 15.1. The van der Waals surface area contributed by atoms with Gasteiger partial charge in [0, 0.05) is 11.6 Å². The first-order chi connectivity index (χ1) is 9.77. The highest BCUT2D eigenvalue weighted by atomic mass is 32.1. The van der Waals surface area contributed by atoms with Crippen LogP contribution in [0, 0.1) is 0 Å². The number of aromatic nitrogens is 2. The van der Waals surface area contributed by atoms with Crippen LogP contribution >= 0.6 is 12.6 Å². The number of halogens is 3. The average molecular weight is 315 g/mol. The number of thiol groups is 1. The van der Waals surface area contributed by atoms with Gasteiger partial charge in [0.2, 0.25) is 0 Å². The number of amides is 1. The third-order valence-electron chi connectivity index (χ3n) is 2.54. The minimum absolute atomic E-state index is 0.107. The summed E-state index contributed by atoms with van der Waals surface area (Å²) in [5, 5.41) is 7.25. The van der Waals surface area contributed by atoms with Gasteiger partial charge in [-0.3, -0.25) is 9.59 Å². The molecule has 21 heavy (non-hydrogen) atoms. The number of nitrogens with one attached hydrogen (secondary N) is 2. The summed E-state index contributed by atoms with van der Waals surface area (Å²) in [6, 6.07) is 5.29. The maximum absolute atomic E-state index is 12.7. The molecule has 0 spiro atoms. The summed E-state index contributed by atoms with van der Waals surface area (Å²) >= 11 is 3.48. The van der Waals surface area contributed by atoms with Crippen molar-refractivity contribution in [2.75, 3.05) is 5.32 Å². The lowest BCUT2D eigenvalue weighted by molar-refractivity contribution is -0.137. The van der Waals surface area contributed by atoms with E-state index >= 15 is 0 Å².